The van der Waals surface area contributed by atoms with E-state index in [-0.39, 0.29) is 6.04 Å². The van der Waals surface area contributed by atoms with Gasteiger partial charge in [-0.05, 0) is 54.4 Å². The van der Waals surface area contributed by atoms with E-state index in [9.17, 15) is 0 Å². The van der Waals surface area contributed by atoms with Crippen LogP contribution in [-0.2, 0) is 13.1 Å². The minimum Gasteiger partial charge on any atom is -0.305 e. The fourth-order valence-corrected chi connectivity index (χ4v) is 2.80. The van der Waals surface area contributed by atoms with Gasteiger partial charge in [-0.2, -0.15) is 5.10 Å². The van der Waals surface area contributed by atoms with Crippen LogP contribution in [0.4, 0.5) is 0 Å². The molecule has 0 radical (unpaired) electrons. The lowest BCUT2D eigenvalue weighted by molar-refractivity contribution is 0.530. The van der Waals surface area contributed by atoms with E-state index in [1.165, 1.54) is 11.3 Å². The van der Waals surface area contributed by atoms with Crippen LogP contribution in [0.2, 0.25) is 5.02 Å². The van der Waals surface area contributed by atoms with Crippen molar-refractivity contribution < 1.29 is 0 Å². The molecule has 0 aliphatic heterocycles. The van der Waals surface area contributed by atoms with E-state index in [1.54, 1.807) is 0 Å². The standard InChI is InChI=1S/C15H19BrClN3/c1-4-20-14(15(16)11(3)19-20)9-18-10(2)12-6-5-7-13(17)8-12/h5-8,10,18H,4,9H2,1-3H3/t10-/m0/s1. The van der Waals surface area contributed by atoms with Gasteiger partial charge in [0, 0.05) is 24.2 Å². The molecule has 108 valence electrons. The first kappa shape index (κ1) is 15.5. The molecule has 2 aromatic rings. The summed E-state index contributed by atoms with van der Waals surface area (Å²) in [5.41, 5.74) is 3.39. The lowest BCUT2D eigenvalue weighted by Crippen LogP contribution is -2.20. The van der Waals surface area contributed by atoms with Crippen molar-refractivity contribution in [2.24, 2.45) is 0 Å². The minimum atomic E-state index is 0.237. The van der Waals surface area contributed by atoms with E-state index in [0.29, 0.717) is 0 Å². The van der Waals surface area contributed by atoms with Crippen LogP contribution in [0.1, 0.15) is 36.8 Å². The van der Waals surface area contributed by atoms with Crippen molar-refractivity contribution in [3.63, 3.8) is 0 Å². The molecule has 1 heterocycles. The monoisotopic (exact) mass is 355 g/mol. The second-order valence-corrected chi connectivity index (χ2v) is 6.05. The zero-order valence-electron chi connectivity index (χ0n) is 12.0. The Kier molecular flexibility index (Phi) is 5.24. The van der Waals surface area contributed by atoms with Crippen molar-refractivity contribution in [1.82, 2.24) is 15.1 Å². The van der Waals surface area contributed by atoms with Crippen molar-refractivity contribution >= 4 is 27.5 Å². The van der Waals surface area contributed by atoms with Crippen LogP contribution in [0.25, 0.3) is 0 Å². The summed E-state index contributed by atoms with van der Waals surface area (Å²) in [6, 6.07) is 8.19. The van der Waals surface area contributed by atoms with E-state index in [2.05, 4.69) is 46.3 Å². The van der Waals surface area contributed by atoms with Crippen LogP contribution < -0.4 is 5.32 Å². The van der Waals surface area contributed by atoms with Crippen molar-refractivity contribution in [2.45, 2.75) is 39.9 Å². The van der Waals surface area contributed by atoms with Gasteiger partial charge in [0.05, 0.1) is 15.9 Å². The minimum absolute atomic E-state index is 0.237. The molecule has 5 heteroatoms. The third-order valence-electron chi connectivity index (χ3n) is 3.38. The van der Waals surface area contributed by atoms with Crippen molar-refractivity contribution in [1.29, 1.82) is 0 Å². The molecular weight excluding hydrogens is 338 g/mol. The van der Waals surface area contributed by atoms with E-state index in [0.717, 1.165) is 28.3 Å². The average molecular weight is 357 g/mol. The molecular formula is C15H19BrClN3. The summed E-state index contributed by atoms with van der Waals surface area (Å²) >= 11 is 9.65. The first-order chi connectivity index (χ1) is 9.52. The normalized spacial score (nSPS) is 12.7. The van der Waals surface area contributed by atoms with E-state index in [1.807, 2.05) is 29.8 Å². The Labute approximate surface area is 133 Å². The molecule has 0 saturated heterocycles. The first-order valence-electron chi connectivity index (χ1n) is 6.73. The number of hydrogen-bond donors (Lipinski definition) is 1. The molecule has 0 spiro atoms. The molecule has 0 bridgehead atoms. The number of rotatable bonds is 5. The Hall–Kier alpha value is -0.840. The number of hydrogen-bond acceptors (Lipinski definition) is 2. The molecule has 1 aromatic heterocycles. The Morgan fingerprint density at radius 1 is 1.45 bits per heavy atom. The molecule has 1 atom stereocenters. The number of aryl methyl sites for hydroxylation is 2. The predicted molar refractivity (Wildman–Crippen MR) is 87.0 cm³/mol. The summed E-state index contributed by atoms with van der Waals surface area (Å²) in [5, 5.41) is 8.79. The highest BCUT2D eigenvalue weighted by Gasteiger charge is 2.13. The van der Waals surface area contributed by atoms with Gasteiger partial charge in [-0.25, -0.2) is 0 Å². The fourth-order valence-electron chi connectivity index (χ4n) is 2.18. The third kappa shape index (κ3) is 3.43. The fraction of sp³-hybridized carbons (Fsp3) is 0.400. The smallest absolute Gasteiger partial charge is 0.0739 e. The Morgan fingerprint density at radius 2 is 2.20 bits per heavy atom. The maximum absolute atomic E-state index is 6.03. The highest BCUT2D eigenvalue weighted by atomic mass is 79.9. The van der Waals surface area contributed by atoms with Gasteiger partial charge in [-0.3, -0.25) is 4.68 Å². The largest absolute Gasteiger partial charge is 0.305 e. The average Bonchev–Trinajstić information content (AvgIpc) is 2.71. The van der Waals surface area contributed by atoms with Gasteiger partial charge in [0.15, 0.2) is 0 Å². The van der Waals surface area contributed by atoms with Gasteiger partial charge in [0.25, 0.3) is 0 Å². The van der Waals surface area contributed by atoms with Gasteiger partial charge in [-0.1, -0.05) is 23.7 Å². The highest BCUT2D eigenvalue weighted by molar-refractivity contribution is 9.10. The van der Waals surface area contributed by atoms with E-state index >= 15 is 0 Å². The second kappa shape index (κ2) is 6.74. The maximum atomic E-state index is 6.03. The molecule has 0 aliphatic rings. The summed E-state index contributed by atoms with van der Waals surface area (Å²) in [4.78, 5) is 0. The quantitative estimate of drug-likeness (QED) is 0.856. The molecule has 0 amide bonds. The van der Waals surface area contributed by atoms with Gasteiger partial charge in [0.1, 0.15) is 0 Å². The summed E-state index contributed by atoms with van der Waals surface area (Å²) in [7, 11) is 0. The van der Waals surface area contributed by atoms with Gasteiger partial charge in [0.2, 0.25) is 0 Å². The van der Waals surface area contributed by atoms with Crippen LogP contribution in [-0.4, -0.2) is 9.78 Å². The number of halogens is 2. The molecule has 0 saturated carbocycles. The first-order valence-corrected chi connectivity index (χ1v) is 7.90. The summed E-state index contributed by atoms with van der Waals surface area (Å²) in [5.74, 6) is 0. The van der Waals surface area contributed by atoms with Crippen LogP contribution in [0, 0.1) is 6.92 Å². The van der Waals surface area contributed by atoms with Crippen LogP contribution in [0.3, 0.4) is 0 Å². The predicted octanol–water partition coefficient (Wildman–Crippen LogP) is 4.48. The Balaban J connectivity index is 2.09. The molecule has 0 unspecified atom stereocenters. The topological polar surface area (TPSA) is 29.9 Å². The summed E-state index contributed by atoms with van der Waals surface area (Å²) < 4.78 is 3.11. The van der Waals surface area contributed by atoms with Crippen LogP contribution >= 0.6 is 27.5 Å². The lowest BCUT2D eigenvalue weighted by atomic mass is 10.1. The van der Waals surface area contributed by atoms with Crippen LogP contribution in [0.5, 0.6) is 0 Å². The Morgan fingerprint density at radius 3 is 2.85 bits per heavy atom. The molecule has 3 nitrogen and oxygen atoms in total. The summed E-state index contributed by atoms with van der Waals surface area (Å²) in [6.45, 7) is 7.89. The number of benzene rings is 1. The SMILES string of the molecule is CCn1nc(C)c(Br)c1CN[C@@H](C)c1cccc(Cl)c1. The second-order valence-electron chi connectivity index (χ2n) is 4.82. The molecule has 0 fully saturated rings. The maximum Gasteiger partial charge on any atom is 0.0739 e. The number of aromatic nitrogens is 2. The van der Waals surface area contributed by atoms with Crippen molar-refractivity contribution in [3.05, 3.63) is 50.7 Å². The third-order valence-corrected chi connectivity index (χ3v) is 4.64. The zero-order valence-corrected chi connectivity index (χ0v) is 14.3. The summed E-state index contributed by atoms with van der Waals surface area (Å²) in [6.07, 6.45) is 0. The number of nitrogens with one attached hydrogen (secondary N) is 1. The highest BCUT2D eigenvalue weighted by Crippen LogP contribution is 2.22. The van der Waals surface area contributed by atoms with E-state index in [4.69, 9.17) is 11.6 Å². The Bertz CT molecular complexity index is 595. The van der Waals surface area contributed by atoms with Crippen molar-refractivity contribution in [3.8, 4) is 0 Å². The van der Waals surface area contributed by atoms with Gasteiger partial charge >= 0.3 is 0 Å². The van der Waals surface area contributed by atoms with Gasteiger partial charge in [-0.15, -0.1) is 0 Å². The molecule has 20 heavy (non-hydrogen) atoms. The van der Waals surface area contributed by atoms with E-state index < -0.39 is 0 Å². The lowest BCUT2D eigenvalue weighted by Gasteiger charge is -2.15. The zero-order chi connectivity index (χ0) is 14.7. The molecule has 2 rings (SSSR count). The molecule has 0 aliphatic carbocycles. The van der Waals surface area contributed by atoms with Crippen LogP contribution in [0.15, 0.2) is 28.7 Å². The molecule has 1 N–H and O–H groups in total. The van der Waals surface area contributed by atoms with Crippen molar-refractivity contribution in [2.75, 3.05) is 0 Å². The van der Waals surface area contributed by atoms with Gasteiger partial charge < -0.3 is 5.32 Å². The molecule has 1 aromatic carbocycles. The number of nitrogens with zero attached hydrogens (tertiary/aromatic N) is 2.